The van der Waals surface area contributed by atoms with Crippen molar-refractivity contribution in [1.29, 1.82) is 0 Å². The molecule has 1 atom stereocenters. The van der Waals surface area contributed by atoms with Crippen LogP contribution in [-0.2, 0) is 10.3 Å². The lowest BCUT2D eigenvalue weighted by Crippen LogP contribution is -2.55. The van der Waals surface area contributed by atoms with Crippen LogP contribution < -0.4 is 10.6 Å². The Balaban J connectivity index is 1.38. The maximum atomic E-state index is 13.0. The van der Waals surface area contributed by atoms with Crippen molar-refractivity contribution < 1.29 is 4.79 Å². The van der Waals surface area contributed by atoms with Gasteiger partial charge in [-0.2, -0.15) is 5.10 Å². The Bertz CT molecular complexity index is 533. The van der Waals surface area contributed by atoms with Crippen molar-refractivity contribution in [3.05, 3.63) is 18.5 Å². The van der Waals surface area contributed by atoms with Crippen LogP contribution >= 0.6 is 0 Å². The molecular formula is C17H27N5O. The lowest BCUT2D eigenvalue weighted by atomic mass is 9.87. The van der Waals surface area contributed by atoms with Gasteiger partial charge in [0.25, 0.3) is 0 Å². The fourth-order valence-corrected chi connectivity index (χ4v) is 4.12. The van der Waals surface area contributed by atoms with Gasteiger partial charge in [-0.05, 0) is 63.7 Å². The Labute approximate surface area is 137 Å². The van der Waals surface area contributed by atoms with Gasteiger partial charge < -0.3 is 15.5 Å². The SMILES string of the molecule is O=C(NCC1CCN(C2CC2)C1)C1(n2cccn2)CCNCC1. The van der Waals surface area contributed by atoms with Crippen molar-refractivity contribution >= 4 is 5.91 Å². The summed E-state index contributed by atoms with van der Waals surface area (Å²) in [6.45, 7) is 4.90. The summed E-state index contributed by atoms with van der Waals surface area (Å²) in [4.78, 5) is 15.6. The van der Waals surface area contributed by atoms with E-state index in [2.05, 4.69) is 20.6 Å². The molecule has 2 N–H and O–H groups in total. The van der Waals surface area contributed by atoms with Gasteiger partial charge in [0.1, 0.15) is 5.54 Å². The van der Waals surface area contributed by atoms with E-state index in [9.17, 15) is 4.79 Å². The first-order chi connectivity index (χ1) is 11.3. The highest BCUT2D eigenvalue weighted by molar-refractivity contribution is 5.84. The van der Waals surface area contributed by atoms with Crippen LogP contribution in [0.1, 0.15) is 32.1 Å². The Morgan fingerprint density at radius 1 is 1.30 bits per heavy atom. The highest BCUT2D eigenvalue weighted by atomic mass is 16.2. The Morgan fingerprint density at radius 3 is 2.83 bits per heavy atom. The van der Waals surface area contributed by atoms with E-state index in [-0.39, 0.29) is 5.91 Å². The summed E-state index contributed by atoms with van der Waals surface area (Å²) in [5, 5.41) is 11.0. The highest BCUT2D eigenvalue weighted by Crippen LogP contribution is 2.32. The summed E-state index contributed by atoms with van der Waals surface area (Å²) in [6, 6.07) is 2.75. The molecule has 4 rings (SSSR count). The fourth-order valence-electron chi connectivity index (χ4n) is 4.12. The number of hydrogen-bond acceptors (Lipinski definition) is 4. The van der Waals surface area contributed by atoms with Crippen LogP contribution in [0.25, 0.3) is 0 Å². The molecule has 3 fully saturated rings. The zero-order valence-corrected chi connectivity index (χ0v) is 13.7. The third-order valence-electron chi connectivity index (χ3n) is 5.73. The van der Waals surface area contributed by atoms with E-state index < -0.39 is 5.54 Å². The first kappa shape index (κ1) is 15.1. The van der Waals surface area contributed by atoms with Crippen molar-refractivity contribution in [3.63, 3.8) is 0 Å². The van der Waals surface area contributed by atoms with Gasteiger partial charge in [-0.1, -0.05) is 0 Å². The molecule has 6 nitrogen and oxygen atoms in total. The van der Waals surface area contributed by atoms with Crippen molar-refractivity contribution in [2.24, 2.45) is 5.92 Å². The summed E-state index contributed by atoms with van der Waals surface area (Å²) in [6.07, 6.45) is 9.26. The van der Waals surface area contributed by atoms with Gasteiger partial charge in [0.15, 0.2) is 0 Å². The number of nitrogens with zero attached hydrogens (tertiary/aromatic N) is 3. The topological polar surface area (TPSA) is 62.2 Å². The Kier molecular flexibility index (Phi) is 4.11. The second-order valence-electron chi connectivity index (χ2n) is 7.32. The zero-order chi connectivity index (χ0) is 15.7. The minimum Gasteiger partial charge on any atom is -0.354 e. The number of amides is 1. The molecule has 3 heterocycles. The first-order valence-electron chi connectivity index (χ1n) is 9.01. The predicted molar refractivity (Wildman–Crippen MR) is 88.0 cm³/mol. The summed E-state index contributed by atoms with van der Waals surface area (Å²) in [5.74, 6) is 0.753. The molecule has 1 saturated carbocycles. The van der Waals surface area contributed by atoms with Crippen molar-refractivity contribution in [2.45, 2.75) is 43.7 Å². The van der Waals surface area contributed by atoms with Gasteiger partial charge >= 0.3 is 0 Å². The Hall–Kier alpha value is -1.40. The summed E-state index contributed by atoms with van der Waals surface area (Å²) in [7, 11) is 0. The lowest BCUT2D eigenvalue weighted by molar-refractivity contribution is -0.132. The minimum absolute atomic E-state index is 0.146. The van der Waals surface area contributed by atoms with Crippen LogP contribution in [0.2, 0.25) is 0 Å². The van der Waals surface area contributed by atoms with Crippen LogP contribution in [0.5, 0.6) is 0 Å². The first-order valence-corrected chi connectivity index (χ1v) is 9.01. The minimum atomic E-state index is -0.510. The predicted octanol–water partition coefficient (Wildman–Crippen LogP) is 0.562. The number of hydrogen-bond donors (Lipinski definition) is 2. The maximum absolute atomic E-state index is 13.0. The van der Waals surface area contributed by atoms with Crippen LogP contribution in [0.4, 0.5) is 0 Å². The summed E-state index contributed by atoms with van der Waals surface area (Å²) >= 11 is 0. The molecule has 126 valence electrons. The number of aromatic nitrogens is 2. The number of nitrogens with one attached hydrogen (secondary N) is 2. The second-order valence-corrected chi connectivity index (χ2v) is 7.32. The largest absolute Gasteiger partial charge is 0.354 e. The van der Waals surface area contributed by atoms with Gasteiger partial charge in [-0.15, -0.1) is 0 Å². The Morgan fingerprint density at radius 2 is 2.13 bits per heavy atom. The van der Waals surface area contributed by atoms with Crippen LogP contribution in [-0.4, -0.2) is 59.4 Å². The third kappa shape index (κ3) is 3.02. The highest BCUT2D eigenvalue weighted by Gasteiger charge is 2.42. The van der Waals surface area contributed by atoms with E-state index in [0.29, 0.717) is 5.92 Å². The molecular weight excluding hydrogens is 290 g/mol. The van der Waals surface area contributed by atoms with E-state index in [1.165, 1.54) is 25.8 Å². The standard InChI is InChI=1S/C17H27N5O/c23-16(19-12-14-4-11-21(13-14)15-2-3-15)17(5-8-18-9-6-17)22-10-1-7-20-22/h1,7,10,14-15,18H,2-6,8-9,11-13H2,(H,19,23). The molecule has 3 aliphatic rings. The fraction of sp³-hybridized carbons (Fsp3) is 0.765. The van der Waals surface area contributed by atoms with E-state index in [1.807, 2.05) is 16.9 Å². The smallest absolute Gasteiger partial charge is 0.248 e. The molecule has 0 aromatic carbocycles. The lowest BCUT2D eigenvalue weighted by Gasteiger charge is -2.36. The van der Waals surface area contributed by atoms with Crippen LogP contribution in [0.15, 0.2) is 18.5 Å². The summed E-state index contributed by atoms with van der Waals surface area (Å²) in [5.41, 5.74) is -0.510. The van der Waals surface area contributed by atoms with E-state index in [0.717, 1.165) is 45.1 Å². The normalized spacial score (nSPS) is 27.9. The molecule has 1 aliphatic carbocycles. The average molecular weight is 317 g/mol. The average Bonchev–Trinajstić information content (AvgIpc) is 3.11. The monoisotopic (exact) mass is 317 g/mol. The molecule has 0 radical (unpaired) electrons. The van der Waals surface area contributed by atoms with E-state index in [1.54, 1.807) is 6.20 Å². The maximum Gasteiger partial charge on any atom is 0.248 e. The van der Waals surface area contributed by atoms with Crippen molar-refractivity contribution in [2.75, 3.05) is 32.7 Å². The van der Waals surface area contributed by atoms with Gasteiger partial charge in [-0.25, -0.2) is 0 Å². The zero-order valence-electron chi connectivity index (χ0n) is 13.7. The summed E-state index contributed by atoms with van der Waals surface area (Å²) < 4.78 is 1.87. The molecule has 2 saturated heterocycles. The quantitative estimate of drug-likeness (QED) is 0.833. The van der Waals surface area contributed by atoms with Crippen LogP contribution in [0.3, 0.4) is 0 Å². The molecule has 0 spiro atoms. The molecule has 1 aromatic rings. The second kappa shape index (κ2) is 6.24. The third-order valence-corrected chi connectivity index (χ3v) is 5.73. The molecule has 1 unspecified atom stereocenters. The van der Waals surface area contributed by atoms with E-state index in [4.69, 9.17) is 0 Å². The number of likely N-dealkylation sites (tertiary alicyclic amines) is 1. The molecule has 6 heteroatoms. The number of piperidine rings is 1. The van der Waals surface area contributed by atoms with Gasteiger partial charge in [0.05, 0.1) is 0 Å². The van der Waals surface area contributed by atoms with Gasteiger partial charge in [0.2, 0.25) is 5.91 Å². The molecule has 23 heavy (non-hydrogen) atoms. The number of rotatable bonds is 5. The van der Waals surface area contributed by atoms with Crippen molar-refractivity contribution in [3.8, 4) is 0 Å². The molecule has 1 aromatic heterocycles. The van der Waals surface area contributed by atoms with Gasteiger partial charge in [-0.3, -0.25) is 9.48 Å². The molecule has 2 aliphatic heterocycles. The van der Waals surface area contributed by atoms with Crippen LogP contribution in [0, 0.1) is 5.92 Å². The van der Waals surface area contributed by atoms with E-state index >= 15 is 0 Å². The number of carbonyl (C=O) groups is 1. The number of carbonyl (C=O) groups excluding carboxylic acids is 1. The van der Waals surface area contributed by atoms with Gasteiger partial charge in [0, 0.05) is 31.5 Å². The van der Waals surface area contributed by atoms with Crippen molar-refractivity contribution in [1.82, 2.24) is 25.3 Å². The molecule has 0 bridgehead atoms. The molecule has 1 amide bonds.